The van der Waals surface area contributed by atoms with Gasteiger partial charge in [0.2, 0.25) is 5.95 Å². The van der Waals surface area contributed by atoms with E-state index in [1.54, 1.807) is 0 Å². The topological polar surface area (TPSA) is 63.8 Å². The number of nitrogens with one attached hydrogen (secondary N) is 1. The van der Waals surface area contributed by atoms with E-state index >= 15 is 0 Å². The van der Waals surface area contributed by atoms with Gasteiger partial charge in [-0.2, -0.15) is 0 Å². The van der Waals surface area contributed by atoms with Gasteiger partial charge in [-0.3, -0.25) is 0 Å². The van der Waals surface area contributed by atoms with Gasteiger partial charge in [-0.05, 0) is 24.8 Å². The van der Waals surface area contributed by atoms with Crippen LogP contribution >= 0.6 is 0 Å². The molecule has 1 heterocycles. The summed E-state index contributed by atoms with van der Waals surface area (Å²) in [7, 11) is 0. The van der Waals surface area contributed by atoms with E-state index in [1.165, 1.54) is 19.3 Å². The molecule has 2 atom stereocenters. The number of nitrogens with zero attached hydrogens (tertiary/aromatic N) is 2. The lowest BCUT2D eigenvalue weighted by atomic mass is 9.85. The molecule has 3 N–H and O–H groups in total. The fraction of sp³-hybridized carbons (Fsp3) is 0.467. The minimum atomic E-state index is 0.321. The zero-order valence-electron chi connectivity index (χ0n) is 11.0. The summed E-state index contributed by atoms with van der Waals surface area (Å²) >= 11 is 0. The molecule has 100 valence electrons. The van der Waals surface area contributed by atoms with Crippen LogP contribution < -0.4 is 11.1 Å². The van der Waals surface area contributed by atoms with Gasteiger partial charge in [-0.1, -0.05) is 31.0 Å². The van der Waals surface area contributed by atoms with Crippen molar-refractivity contribution < 1.29 is 0 Å². The van der Waals surface area contributed by atoms with Crippen LogP contribution in [-0.2, 0) is 0 Å². The number of benzene rings is 1. The van der Waals surface area contributed by atoms with Gasteiger partial charge >= 0.3 is 0 Å². The number of nitrogens with two attached hydrogens (primary N) is 1. The molecule has 1 aromatic carbocycles. The highest BCUT2D eigenvalue weighted by Gasteiger charge is 2.21. The third-order valence-electron chi connectivity index (χ3n) is 3.98. The van der Waals surface area contributed by atoms with E-state index in [4.69, 9.17) is 5.73 Å². The standard InChI is InChI=1S/C15H20N4/c16-13-7-3-1-5-11(13)9-17-15-18-10-12-6-2-4-8-14(12)19-15/h2,4,6,8,10-11,13H,1,3,5,7,9,16H2,(H,17,18,19). The van der Waals surface area contributed by atoms with Crippen molar-refractivity contribution in [2.45, 2.75) is 31.7 Å². The highest BCUT2D eigenvalue weighted by molar-refractivity contribution is 5.78. The molecule has 0 saturated heterocycles. The van der Waals surface area contributed by atoms with E-state index in [2.05, 4.69) is 15.3 Å². The lowest BCUT2D eigenvalue weighted by Gasteiger charge is -2.28. The molecule has 0 amide bonds. The first-order valence-corrected chi connectivity index (χ1v) is 7.04. The van der Waals surface area contributed by atoms with Crippen molar-refractivity contribution in [1.29, 1.82) is 0 Å². The van der Waals surface area contributed by atoms with Gasteiger partial charge < -0.3 is 11.1 Å². The molecule has 1 fully saturated rings. The average Bonchev–Trinajstić information content (AvgIpc) is 2.46. The summed E-state index contributed by atoms with van der Waals surface area (Å²) in [6, 6.07) is 8.35. The summed E-state index contributed by atoms with van der Waals surface area (Å²) in [6.45, 7) is 0.875. The van der Waals surface area contributed by atoms with Crippen LogP contribution in [0.5, 0.6) is 0 Å². The molecule has 2 aromatic rings. The maximum absolute atomic E-state index is 6.15. The molecule has 3 rings (SSSR count). The van der Waals surface area contributed by atoms with Gasteiger partial charge in [0.25, 0.3) is 0 Å². The summed E-state index contributed by atoms with van der Waals surface area (Å²) in [5, 5.41) is 4.41. The number of hydrogen-bond donors (Lipinski definition) is 2. The number of anilines is 1. The van der Waals surface area contributed by atoms with Gasteiger partial charge in [0.1, 0.15) is 0 Å². The van der Waals surface area contributed by atoms with Gasteiger partial charge in [0.05, 0.1) is 5.52 Å². The van der Waals surface area contributed by atoms with Gasteiger partial charge in [0.15, 0.2) is 0 Å². The maximum atomic E-state index is 6.15. The van der Waals surface area contributed by atoms with E-state index in [1.807, 2.05) is 30.5 Å². The highest BCUT2D eigenvalue weighted by atomic mass is 15.1. The summed E-state index contributed by atoms with van der Waals surface area (Å²) in [5.74, 6) is 1.25. The molecule has 1 aromatic heterocycles. The number of rotatable bonds is 3. The van der Waals surface area contributed by atoms with Crippen LogP contribution in [0.4, 0.5) is 5.95 Å². The predicted molar refractivity (Wildman–Crippen MR) is 78.0 cm³/mol. The number of hydrogen-bond acceptors (Lipinski definition) is 4. The first kappa shape index (κ1) is 12.4. The Balaban J connectivity index is 1.67. The molecule has 1 saturated carbocycles. The lowest BCUT2D eigenvalue weighted by molar-refractivity contribution is 0.321. The van der Waals surface area contributed by atoms with Crippen molar-refractivity contribution in [3.63, 3.8) is 0 Å². The number of para-hydroxylation sites is 1. The number of aromatic nitrogens is 2. The van der Waals surface area contributed by atoms with Gasteiger partial charge in [-0.25, -0.2) is 9.97 Å². The SMILES string of the molecule is NC1CCCCC1CNc1ncc2ccccc2n1. The fourth-order valence-electron chi connectivity index (χ4n) is 2.77. The normalized spacial score (nSPS) is 23.4. The largest absolute Gasteiger partial charge is 0.354 e. The molecule has 4 nitrogen and oxygen atoms in total. The van der Waals surface area contributed by atoms with Gasteiger partial charge in [0, 0.05) is 24.2 Å². The molecule has 4 heteroatoms. The number of fused-ring (bicyclic) bond motifs is 1. The zero-order valence-corrected chi connectivity index (χ0v) is 11.0. The first-order valence-electron chi connectivity index (χ1n) is 7.04. The third-order valence-corrected chi connectivity index (χ3v) is 3.98. The van der Waals surface area contributed by atoms with Crippen molar-refractivity contribution in [3.8, 4) is 0 Å². The van der Waals surface area contributed by atoms with E-state index < -0.39 is 0 Å². The molecule has 0 spiro atoms. The quantitative estimate of drug-likeness (QED) is 0.886. The van der Waals surface area contributed by atoms with Crippen LogP contribution in [-0.4, -0.2) is 22.6 Å². The molecule has 1 aliphatic rings. The van der Waals surface area contributed by atoms with Crippen LogP contribution in [0.15, 0.2) is 30.5 Å². The highest BCUT2D eigenvalue weighted by Crippen LogP contribution is 2.23. The molecule has 19 heavy (non-hydrogen) atoms. The van der Waals surface area contributed by atoms with Crippen LogP contribution in [0, 0.1) is 5.92 Å². The summed E-state index contributed by atoms with van der Waals surface area (Å²) in [6.07, 6.45) is 6.78. The Morgan fingerprint density at radius 1 is 1.21 bits per heavy atom. The Morgan fingerprint density at radius 2 is 2.05 bits per heavy atom. The second kappa shape index (κ2) is 5.53. The van der Waals surface area contributed by atoms with Crippen LogP contribution in [0.3, 0.4) is 0 Å². The lowest BCUT2D eigenvalue weighted by Crippen LogP contribution is -2.37. The molecular weight excluding hydrogens is 236 g/mol. The Hall–Kier alpha value is -1.68. The third kappa shape index (κ3) is 2.84. The molecular formula is C15H20N4. The van der Waals surface area contributed by atoms with Crippen LogP contribution in [0.25, 0.3) is 10.9 Å². The average molecular weight is 256 g/mol. The first-order chi connectivity index (χ1) is 9.33. The van der Waals surface area contributed by atoms with Crippen molar-refractivity contribution >= 4 is 16.9 Å². The summed E-state index contributed by atoms with van der Waals surface area (Å²) in [5.41, 5.74) is 7.13. The maximum Gasteiger partial charge on any atom is 0.223 e. The Labute approximate surface area is 113 Å². The second-order valence-electron chi connectivity index (χ2n) is 5.34. The van der Waals surface area contributed by atoms with E-state index in [9.17, 15) is 0 Å². The molecule has 0 bridgehead atoms. The second-order valence-corrected chi connectivity index (χ2v) is 5.34. The molecule has 0 radical (unpaired) electrons. The van der Waals surface area contributed by atoms with Crippen molar-refractivity contribution in [2.24, 2.45) is 11.7 Å². The molecule has 0 aliphatic heterocycles. The monoisotopic (exact) mass is 256 g/mol. The molecule has 1 aliphatic carbocycles. The van der Waals surface area contributed by atoms with Gasteiger partial charge in [-0.15, -0.1) is 0 Å². The fourth-order valence-corrected chi connectivity index (χ4v) is 2.77. The smallest absolute Gasteiger partial charge is 0.223 e. The van der Waals surface area contributed by atoms with E-state index in [0.717, 1.165) is 23.9 Å². The van der Waals surface area contributed by atoms with E-state index in [0.29, 0.717) is 17.9 Å². The Bertz CT molecular complexity index is 555. The molecule has 2 unspecified atom stereocenters. The summed E-state index contributed by atoms with van der Waals surface area (Å²) < 4.78 is 0. The van der Waals surface area contributed by atoms with E-state index in [-0.39, 0.29) is 0 Å². The van der Waals surface area contributed by atoms with Crippen LogP contribution in [0.1, 0.15) is 25.7 Å². The van der Waals surface area contributed by atoms with Crippen molar-refractivity contribution in [2.75, 3.05) is 11.9 Å². The van der Waals surface area contributed by atoms with Crippen molar-refractivity contribution in [3.05, 3.63) is 30.5 Å². The summed E-state index contributed by atoms with van der Waals surface area (Å²) in [4.78, 5) is 8.87. The minimum Gasteiger partial charge on any atom is -0.354 e. The Kier molecular flexibility index (Phi) is 3.60. The predicted octanol–water partition coefficient (Wildman–Crippen LogP) is 2.56. The minimum absolute atomic E-state index is 0.321. The van der Waals surface area contributed by atoms with Crippen molar-refractivity contribution in [1.82, 2.24) is 9.97 Å². The van der Waals surface area contributed by atoms with Crippen LogP contribution in [0.2, 0.25) is 0 Å². The Morgan fingerprint density at radius 3 is 2.95 bits per heavy atom. The zero-order chi connectivity index (χ0) is 13.1.